The Kier molecular flexibility index (Phi) is 5.59. The first-order valence-corrected chi connectivity index (χ1v) is 7.00. The summed E-state index contributed by atoms with van der Waals surface area (Å²) in [6.07, 6.45) is 2.65. The highest BCUT2D eigenvalue weighted by Gasteiger charge is 2.34. The number of anilines is 1. The molecule has 0 fully saturated rings. The van der Waals surface area contributed by atoms with Gasteiger partial charge in [-0.1, -0.05) is 18.5 Å². The van der Waals surface area contributed by atoms with E-state index in [1.807, 2.05) is 6.07 Å². The van der Waals surface area contributed by atoms with Crippen LogP contribution in [0.2, 0.25) is 5.02 Å². The van der Waals surface area contributed by atoms with Gasteiger partial charge in [-0.3, -0.25) is 0 Å². The molecule has 1 aromatic heterocycles. The number of aromatic nitrogens is 1. The fourth-order valence-electron chi connectivity index (χ4n) is 1.98. The minimum atomic E-state index is -0.102. The Balaban J connectivity index is 3.19. The molecule has 4 nitrogen and oxygen atoms in total. The Morgan fingerprint density at radius 3 is 2.63 bits per heavy atom. The van der Waals surface area contributed by atoms with Gasteiger partial charge >= 0.3 is 0 Å². The van der Waals surface area contributed by atoms with Gasteiger partial charge in [0, 0.05) is 17.3 Å². The summed E-state index contributed by atoms with van der Waals surface area (Å²) in [6.45, 7) is 7.43. The van der Waals surface area contributed by atoms with Crippen LogP contribution >= 0.6 is 11.6 Å². The van der Waals surface area contributed by atoms with Crippen molar-refractivity contribution >= 4 is 17.4 Å². The predicted molar refractivity (Wildman–Crippen MR) is 82.5 cm³/mol. The number of nitrogens with two attached hydrogens (primary N) is 1. The van der Waals surface area contributed by atoms with Gasteiger partial charge < -0.3 is 16.0 Å². The lowest BCUT2D eigenvalue weighted by Crippen LogP contribution is -2.49. The Bertz CT molecular complexity index is 418. The largest absolute Gasteiger partial charge is 0.383 e. The number of nitrogens with one attached hydrogen (secondary N) is 1. The van der Waals surface area contributed by atoms with Gasteiger partial charge in [0.25, 0.3) is 0 Å². The van der Waals surface area contributed by atoms with Crippen molar-refractivity contribution < 1.29 is 0 Å². The number of hydrogen-bond acceptors (Lipinski definition) is 4. The second kappa shape index (κ2) is 6.55. The van der Waals surface area contributed by atoms with Gasteiger partial charge in [-0.15, -0.1) is 0 Å². The smallest absolute Gasteiger partial charge is 0.128 e. The minimum absolute atomic E-state index is 0.0775. The zero-order valence-electron chi connectivity index (χ0n) is 12.5. The van der Waals surface area contributed by atoms with Crippen LogP contribution in [0.15, 0.2) is 12.3 Å². The van der Waals surface area contributed by atoms with Crippen molar-refractivity contribution in [2.75, 3.05) is 26.4 Å². The Hall–Kier alpha value is -0.840. The van der Waals surface area contributed by atoms with E-state index < -0.39 is 0 Å². The number of rotatable bonds is 6. The van der Waals surface area contributed by atoms with Crippen LogP contribution in [0.4, 0.5) is 5.82 Å². The molecule has 0 aromatic carbocycles. The molecule has 0 amide bonds. The minimum Gasteiger partial charge on any atom is -0.383 e. The average molecular weight is 285 g/mol. The van der Waals surface area contributed by atoms with Crippen molar-refractivity contribution in [2.45, 2.75) is 38.8 Å². The van der Waals surface area contributed by atoms with Gasteiger partial charge in [-0.05, 0) is 47.0 Å². The summed E-state index contributed by atoms with van der Waals surface area (Å²) in [6, 6.07) is 1.98. The van der Waals surface area contributed by atoms with Gasteiger partial charge in [0.05, 0.1) is 11.1 Å². The maximum Gasteiger partial charge on any atom is 0.128 e. The molecule has 0 aliphatic heterocycles. The van der Waals surface area contributed by atoms with Crippen LogP contribution in [-0.4, -0.2) is 36.1 Å². The summed E-state index contributed by atoms with van der Waals surface area (Å²) < 4.78 is 0. The number of nitrogen functional groups attached to an aromatic ring is 1. The first kappa shape index (κ1) is 16.2. The van der Waals surface area contributed by atoms with E-state index in [4.69, 9.17) is 17.3 Å². The molecule has 0 aliphatic carbocycles. The number of likely N-dealkylation sites (N-methyl/N-ethyl adjacent to an activating group) is 1. The van der Waals surface area contributed by atoms with E-state index in [1.54, 1.807) is 6.20 Å². The van der Waals surface area contributed by atoms with Gasteiger partial charge in [0.1, 0.15) is 5.82 Å². The fourth-order valence-corrected chi connectivity index (χ4v) is 2.15. The lowest BCUT2D eigenvalue weighted by Gasteiger charge is -2.41. The third kappa shape index (κ3) is 3.81. The average Bonchev–Trinajstić information content (AvgIpc) is 2.33. The topological polar surface area (TPSA) is 54.2 Å². The van der Waals surface area contributed by atoms with Gasteiger partial charge in [-0.2, -0.15) is 0 Å². The lowest BCUT2D eigenvalue weighted by atomic mass is 9.87. The lowest BCUT2D eigenvalue weighted by molar-refractivity contribution is 0.138. The number of halogens is 1. The molecule has 19 heavy (non-hydrogen) atoms. The van der Waals surface area contributed by atoms with E-state index in [2.05, 4.69) is 50.1 Å². The van der Waals surface area contributed by atoms with E-state index in [0.29, 0.717) is 10.8 Å². The second-order valence-electron chi connectivity index (χ2n) is 5.56. The third-order valence-electron chi connectivity index (χ3n) is 3.68. The summed E-state index contributed by atoms with van der Waals surface area (Å²) in [5.41, 5.74) is 6.89. The highest BCUT2D eigenvalue weighted by atomic mass is 35.5. The van der Waals surface area contributed by atoms with Crippen molar-refractivity contribution in [1.82, 2.24) is 15.2 Å². The molecule has 108 valence electrons. The summed E-state index contributed by atoms with van der Waals surface area (Å²) in [5, 5.41) is 4.17. The second-order valence-corrected chi connectivity index (χ2v) is 6.00. The maximum absolute atomic E-state index is 6.07. The van der Waals surface area contributed by atoms with Crippen molar-refractivity contribution in [3.05, 3.63) is 22.8 Å². The van der Waals surface area contributed by atoms with Crippen LogP contribution in [0, 0.1) is 0 Å². The van der Waals surface area contributed by atoms with Gasteiger partial charge in [-0.25, -0.2) is 4.98 Å². The van der Waals surface area contributed by atoms with Crippen LogP contribution in [0.3, 0.4) is 0 Å². The zero-order chi connectivity index (χ0) is 14.6. The number of hydrogen-bond donors (Lipinski definition) is 2. The Labute approximate surface area is 121 Å². The number of nitrogens with zero attached hydrogens (tertiary/aromatic N) is 2. The van der Waals surface area contributed by atoms with E-state index in [1.165, 1.54) is 0 Å². The summed E-state index contributed by atoms with van der Waals surface area (Å²) in [7, 11) is 4.13. The molecule has 0 spiro atoms. The molecular weight excluding hydrogens is 260 g/mol. The predicted octanol–water partition coefficient (Wildman–Crippen LogP) is 2.70. The molecule has 1 aromatic rings. The summed E-state index contributed by atoms with van der Waals surface area (Å²) in [4.78, 5) is 6.35. The van der Waals surface area contributed by atoms with E-state index in [9.17, 15) is 0 Å². The van der Waals surface area contributed by atoms with Gasteiger partial charge in [0.2, 0.25) is 0 Å². The van der Waals surface area contributed by atoms with Crippen LogP contribution in [0.1, 0.15) is 38.8 Å². The monoisotopic (exact) mass is 284 g/mol. The van der Waals surface area contributed by atoms with Crippen molar-refractivity contribution in [3.8, 4) is 0 Å². The zero-order valence-corrected chi connectivity index (χ0v) is 13.3. The van der Waals surface area contributed by atoms with E-state index in [-0.39, 0.29) is 11.6 Å². The fraction of sp³-hybridized carbons (Fsp3) is 0.643. The summed E-state index contributed by atoms with van der Waals surface area (Å²) >= 11 is 6.07. The first-order chi connectivity index (χ1) is 8.80. The van der Waals surface area contributed by atoms with Crippen molar-refractivity contribution in [1.29, 1.82) is 0 Å². The molecular formula is C14H25ClN4. The van der Waals surface area contributed by atoms with Crippen molar-refractivity contribution in [3.63, 3.8) is 0 Å². The van der Waals surface area contributed by atoms with Gasteiger partial charge in [0.15, 0.2) is 0 Å². The molecule has 5 heteroatoms. The van der Waals surface area contributed by atoms with E-state index in [0.717, 1.165) is 18.5 Å². The normalized spacial score (nSPS) is 13.8. The SMILES string of the molecule is CCCNC(c1cc(Cl)cnc1N)C(C)(C)N(C)C. The van der Waals surface area contributed by atoms with Crippen LogP contribution in [-0.2, 0) is 0 Å². The first-order valence-electron chi connectivity index (χ1n) is 6.62. The van der Waals surface area contributed by atoms with E-state index >= 15 is 0 Å². The molecule has 0 radical (unpaired) electrons. The summed E-state index contributed by atoms with van der Waals surface area (Å²) in [5.74, 6) is 0.535. The molecule has 1 unspecified atom stereocenters. The molecule has 1 heterocycles. The third-order valence-corrected chi connectivity index (χ3v) is 3.89. The molecule has 0 saturated carbocycles. The molecule has 1 atom stereocenters. The van der Waals surface area contributed by atoms with Crippen molar-refractivity contribution in [2.24, 2.45) is 0 Å². The molecule has 0 bridgehead atoms. The standard InChI is InChI=1S/C14H25ClN4/c1-6-7-17-12(14(2,3)19(4)5)11-8-10(15)9-18-13(11)16/h8-9,12,17H,6-7H2,1-5H3,(H2,16,18). The highest BCUT2D eigenvalue weighted by Crippen LogP contribution is 2.33. The van der Waals surface area contributed by atoms with Crippen LogP contribution in [0.5, 0.6) is 0 Å². The molecule has 0 saturated heterocycles. The molecule has 1 rings (SSSR count). The molecule has 3 N–H and O–H groups in total. The maximum atomic E-state index is 6.07. The van der Waals surface area contributed by atoms with Crippen LogP contribution < -0.4 is 11.1 Å². The Morgan fingerprint density at radius 1 is 1.47 bits per heavy atom. The Morgan fingerprint density at radius 2 is 2.11 bits per heavy atom. The number of pyridine rings is 1. The van der Waals surface area contributed by atoms with Crippen LogP contribution in [0.25, 0.3) is 0 Å². The highest BCUT2D eigenvalue weighted by molar-refractivity contribution is 6.30. The quantitative estimate of drug-likeness (QED) is 0.843. The molecule has 0 aliphatic rings.